The minimum atomic E-state index is -0.485. The van der Waals surface area contributed by atoms with E-state index in [-0.39, 0.29) is 17.9 Å². The third-order valence-electron chi connectivity index (χ3n) is 6.00. The van der Waals surface area contributed by atoms with Gasteiger partial charge in [0.2, 0.25) is 0 Å². The van der Waals surface area contributed by atoms with Gasteiger partial charge in [0.05, 0.1) is 12.2 Å². The molecule has 0 aromatic rings. The molecular formula is C23H37NO2S. The van der Waals surface area contributed by atoms with Crippen molar-refractivity contribution >= 4 is 11.8 Å². The summed E-state index contributed by atoms with van der Waals surface area (Å²) in [5.74, 6) is 9.64. The van der Waals surface area contributed by atoms with Gasteiger partial charge in [0.1, 0.15) is 0 Å². The zero-order chi connectivity index (χ0) is 19.8. The van der Waals surface area contributed by atoms with Gasteiger partial charge >= 0.3 is 0 Å². The molecule has 0 aliphatic heterocycles. The van der Waals surface area contributed by atoms with Gasteiger partial charge in [0.15, 0.2) is 0 Å². The van der Waals surface area contributed by atoms with Crippen LogP contribution in [0, 0.1) is 35.5 Å². The maximum Gasteiger partial charge on any atom is 0.0755 e. The Labute approximate surface area is 170 Å². The second-order valence-electron chi connectivity index (χ2n) is 8.44. The lowest BCUT2D eigenvalue weighted by molar-refractivity contribution is 0.137. The standard InChI is InChI=1S/C23H37NO2S/c1-5-6-7-17(2)22(25)9-8-20-21-15-18(14-19(21)16-23(20)26)10-12-27-13-11-24(3)4/h8-10,17,19-23,25-26H,7,11-16H2,1-4H3/b9-8+,18-10+/t17-,19-,20+,21-,22+,23+/m0/s1. The molecular weight excluding hydrogens is 354 g/mol. The SMILES string of the molecule is CC#CC[C@H](C)[C@H](O)/C=C/[C@@H]1[C@H]2C/C(=C/CSCCN(C)C)C[C@H]2C[C@H]1O. The van der Waals surface area contributed by atoms with Crippen molar-refractivity contribution < 1.29 is 10.2 Å². The first kappa shape index (κ1) is 22.6. The molecule has 0 bridgehead atoms. The summed E-state index contributed by atoms with van der Waals surface area (Å²) in [6.07, 6.45) is 9.53. The van der Waals surface area contributed by atoms with Crippen LogP contribution in [0.4, 0.5) is 0 Å². The minimum Gasteiger partial charge on any atom is -0.392 e. The molecule has 152 valence electrons. The van der Waals surface area contributed by atoms with Crippen LogP contribution in [0.2, 0.25) is 0 Å². The lowest BCUT2D eigenvalue weighted by Crippen LogP contribution is -2.19. The Balaban J connectivity index is 1.85. The summed E-state index contributed by atoms with van der Waals surface area (Å²) < 4.78 is 0. The Kier molecular flexibility index (Phi) is 9.45. The first-order valence-corrected chi connectivity index (χ1v) is 11.4. The van der Waals surface area contributed by atoms with Gasteiger partial charge in [-0.2, -0.15) is 11.8 Å². The van der Waals surface area contributed by atoms with Crippen LogP contribution < -0.4 is 0 Å². The molecule has 3 nitrogen and oxygen atoms in total. The molecule has 27 heavy (non-hydrogen) atoms. The number of hydrogen-bond donors (Lipinski definition) is 2. The molecule has 0 unspecified atom stereocenters. The molecule has 6 atom stereocenters. The van der Waals surface area contributed by atoms with E-state index in [4.69, 9.17) is 0 Å². The molecule has 0 amide bonds. The monoisotopic (exact) mass is 391 g/mol. The van der Waals surface area contributed by atoms with Gasteiger partial charge in [-0.05, 0) is 58.0 Å². The topological polar surface area (TPSA) is 43.7 Å². The van der Waals surface area contributed by atoms with E-state index in [0.29, 0.717) is 18.3 Å². The van der Waals surface area contributed by atoms with Crippen molar-refractivity contribution in [2.75, 3.05) is 32.1 Å². The van der Waals surface area contributed by atoms with Gasteiger partial charge in [0, 0.05) is 30.4 Å². The molecule has 2 aliphatic carbocycles. The van der Waals surface area contributed by atoms with Crippen LogP contribution in [0.3, 0.4) is 0 Å². The van der Waals surface area contributed by atoms with Crippen molar-refractivity contribution in [3.05, 3.63) is 23.8 Å². The zero-order valence-corrected chi connectivity index (χ0v) is 18.2. The highest BCUT2D eigenvalue weighted by Gasteiger charge is 2.44. The number of hydrogen-bond acceptors (Lipinski definition) is 4. The summed E-state index contributed by atoms with van der Waals surface area (Å²) >= 11 is 2.00. The van der Waals surface area contributed by atoms with Crippen molar-refractivity contribution in [1.82, 2.24) is 4.90 Å². The predicted octanol–water partition coefficient (Wildman–Crippen LogP) is 3.58. The molecule has 4 heteroatoms. The first-order valence-electron chi connectivity index (χ1n) is 10.3. The molecule has 2 rings (SSSR count). The van der Waals surface area contributed by atoms with Crippen molar-refractivity contribution in [2.45, 2.75) is 51.7 Å². The lowest BCUT2D eigenvalue weighted by Gasteiger charge is -2.19. The largest absolute Gasteiger partial charge is 0.392 e. The zero-order valence-electron chi connectivity index (χ0n) is 17.4. The first-order chi connectivity index (χ1) is 12.9. The summed E-state index contributed by atoms with van der Waals surface area (Å²) in [6.45, 7) is 4.98. The third-order valence-corrected chi connectivity index (χ3v) is 6.87. The Hall–Kier alpha value is -0.730. The van der Waals surface area contributed by atoms with Crippen LogP contribution in [-0.4, -0.2) is 59.5 Å². The van der Waals surface area contributed by atoms with E-state index >= 15 is 0 Å². The van der Waals surface area contributed by atoms with Crippen molar-refractivity contribution in [2.24, 2.45) is 23.7 Å². The summed E-state index contributed by atoms with van der Waals surface area (Å²) in [7, 11) is 4.23. The van der Waals surface area contributed by atoms with E-state index in [2.05, 4.69) is 43.0 Å². The second-order valence-corrected chi connectivity index (χ2v) is 9.59. The maximum absolute atomic E-state index is 10.5. The number of aliphatic hydroxyl groups excluding tert-OH is 2. The van der Waals surface area contributed by atoms with E-state index in [1.165, 1.54) is 5.75 Å². The molecule has 0 aromatic heterocycles. The number of thioether (sulfide) groups is 1. The van der Waals surface area contributed by atoms with Gasteiger partial charge in [0.25, 0.3) is 0 Å². The number of allylic oxidation sites excluding steroid dienone is 1. The highest BCUT2D eigenvalue weighted by molar-refractivity contribution is 7.99. The van der Waals surface area contributed by atoms with Gasteiger partial charge in [-0.15, -0.1) is 11.8 Å². The van der Waals surface area contributed by atoms with Gasteiger partial charge in [-0.25, -0.2) is 0 Å². The molecule has 2 aliphatic rings. The average Bonchev–Trinajstić information content (AvgIpc) is 3.13. The average molecular weight is 392 g/mol. The van der Waals surface area contributed by atoms with E-state index in [1.54, 1.807) is 5.57 Å². The summed E-state index contributed by atoms with van der Waals surface area (Å²) in [5.41, 5.74) is 1.57. The predicted molar refractivity (Wildman–Crippen MR) is 117 cm³/mol. The number of nitrogens with zero attached hydrogens (tertiary/aromatic N) is 1. The molecule has 0 spiro atoms. The third kappa shape index (κ3) is 6.98. The van der Waals surface area contributed by atoms with E-state index in [0.717, 1.165) is 31.6 Å². The maximum atomic E-state index is 10.5. The van der Waals surface area contributed by atoms with Crippen LogP contribution in [-0.2, 0) is 0 Å². The Morgan fingerprint density at radius 2 is 2.11 bits per heavy atom. The van der Waals surface area contributed by atoms with Crippen LogP contribution in [0.15, 0.2) is 23.8 Å². The molecule has 2 fully saturated rings. The van der Waals surface area contributed by atoms with Gasteiger partial charge in [-0.3, -0.25) is 0 Å². The second kappa shape index (κ2) is 11.3. The molecule has 0 aromatic carbocycles. The van der Waals surface area contributed by atoms with Crippen LogP contribution >= 0.6 is 11.8 Å². The molecule has 2 saturated carbocycles. The smallest absolute Gasteiger partial charge is 0.0755 e. The van der Waals surface area contributed by atoms with Crippen LogP contribution in [0.1, 0.15) is 39.5 Å². The van der Waals surface area contributed by atoms with Crippen LogP contribution in [0.25, 0.3) is 0 Å². The Morgan fingerprint density at radius 1 is 1.33 bits per heavy atom. The quantitative estimate of drug-likeness (QED) is 0.358. The number of aliphatic hydroxyl groups is 2. The molecule has 2 N–H and O–H groups in total. The Bertz CT molecular complexity index is 575. The summed E-state index contributed by atoms with van der Waals surface area (Å²) in [5, 5.41) is 20.8. The Morgan fingerprint density at radius 3 is 2.81 bits per heavy atom. The normalized spacial score (nSPS) is 31.3. The fourth-order valence-corrected chi connectivity index (χ4v) is 5.28. The number of fused-ring (bicyclic) bond motifs is 1. The highest BCUT2D eigenvalue weighted by Crippen LogP contribution is 2.50. The summed E-state index contributed by atoms with van der Waals surface area (Å²) in [6, 6.07) is 0. The van der Waals surface area contributed by atoms with Crippen LogP contribution in [0.5, 0.6) is 0 Å². The highest BCUT2D eigenvalue weighted by atomic mass is 32.2. The van der Waals surface area contributed by atoms with E-state index in [1.807, 2.05) is 31.7 Å². The molecule has 0 radical (unpaired) electrons. The summed E-state index contributed by atoms with van der Waals surface area (Å²) in [4.78, 5) is 2.22. The van der Waals surface area contributed by atoms with Gasteiger partial charge in [-0.1, -0.05) is 30.7 Å². The van der Waals surface area contributed by atoms with E-state index in [9.17, 15) is 10.2 Å². The lowest BCUT2D eigenvalue weighted by atomic mass is 9.89. The fraction of sp³-hybridized carbons (Fsp3) is 0.739. The minimum absolute atomic E-state index is 0.126. The van der Waals surface area contributed by atoms with Crippen molar-refractivity contribution in [1.29, 1.82) is 0 Å². The van der Waals surface area contributed by atoms with E-state index < -0.39 is 6.10 Å². The van der Waals surface area contributed by atoms with Gasteiger partial charge < -0.3 is 15.1 Å². The fourth-order valence-electron chi connectivity index (χ4n) is 4.26. The molecule has 0 heterocycles. The van der Waals surface area contributed by atoms with Crippen molar-refractivity contribution in [3.63, 3.8) is 0 Å². The van der Waals surface area contributed by atoms with Crippen molar-refractivity contribution in [3.8, 4) is 11.8 Å². The number of rotatable bonds is 9. The molecule has 0 saturated heterocycles.